The van der Waals surface area contributed by atoms with Crippen LogP contribution >= 0.6 is 0 Å². The fourth-order valence-corrected chi connectivity index (χ4v) is 4.30. The van der Waals surface area contributed by atoms with E-state index in [1.165, 1.54) is 27.8 Å². The van der Waals surface area contributed by atoms with Gasteiger partial charge in [-0.3, -0.25) is 4.90 Å². The predicted octanol–water partition coefficient (Wildman–Crippen LogP) is 4.80. The van der Waals surface area contributed by atoms with Gasteiger partial charge in [0.1, 0.15) is 18.1 Å². The molecule has 3 heteroatoms. The molecule has 0 unspecified atom stereocenters. The first-order chi connectivity index (χ1) is 14.3. The van der Waals surface area contributed by atoms with Crippen LogP contribution in [0.5, 0.6) is 11.5 Å². The third-order valence-electron chi connectivity index (χ3n) is 5.99. The molecule has 29 heavy (non-hydrogen) atoms. The van der Waals surface area contributed by atoms with Gasteiger partial charge in [0.05, 0.1) is 6.61 Å². The van der Waals surface area contributed by atoms with Gasteiger partial charge in [0.25, 0.3) is 0 Å². The Morgan fingerprint density at radius 1 is 0.759 bits per heavy atom. The normalized spacial score (nSPS) is 15.9. The molecule has 3 aromatic rings. The zero-order chi connectivity index (χ0) is 19.5. The lowest BCUT2D eigenvalue weighted by atomic mass is 10.0. The zero-order valence-electron chi connectivity index (χ0n) is 16.8. The van der Waals surface area contributed by atoms with E-state index in [1.807, 2.05) is 6.07 Å². The molecule has 0 saturated carbocycles. The smallest absolute Gasteiger partial charge is 0.122 e. The molecule has 5 rings (SSSR count). The highest BCUT2D eigenvalue weighted by atomic mass is 16.5. The van der Waals surface area contributed by atoms with E-state index in [1.54, 1.807) is 0 Å². The van der Waals surface area contributed by atoms with Gasteiger partial charge >= 0.3 is 0 Å². The van der Waals surface area contributed by atoms with Crippen molar-refractivity contribution in [3.05, 3.63) is 94.5 Å². The SMILES string of the molecule is c1ccc(COc2ccc3c(c2)CCN(Cc2ccc4c(c2)OCC4)CC3)cc1. The van der Waals surface area contributed by atoms with Crippen molar-refractivity contribution in [3.63, 3.8) is 0 Å². The summed E-state index contributed by atoms with van der Waals surface area (Å²) in [4.78, 5) is 2.56. The minimum Gasteiger partial charge on any atom is -0.493 e. The molecule has 0 aliphatic carbocycles. The Labute approximate surface area is 172 Å². The fourth-order valence-electron chi connectivity index (χ4n) is 4.30. The number of hydrogen-bond donors (Lipinski definition) is 0. The Morgan fingerprint density at radius 2 is 1.59 bits per heavy atom. The Balaban J connectivity index is 1.22. The summed E-state index contributed by atoms with van der Waals surface area (Å²) >= 11 is 0. The van der Waals surface area contributed by atoms with Gasteiger partial charge in [-0.15, -0.1) is 0 Å². The second kappa shape index (κ2) is 8.30. The van der Waals surface area contributed by atoms with E-state index in [0.29, 0.717) is 6.61 Å². The molecule has 0 aromatic heterocycles. The van der Waals surface area contributed by atoms with Crippen molar-refractivity contribution < 1.29 is 9.47 Å². The monoisotopic (exact) mass is 385 g/mol. The Kier molecular flexibility index (Phi) is 5.23. The highest BCUT2D eigenvalue weighted by Gasteiger charge is 2.17. The maximum Gasteiger partial charge on any atom is 0.122 e. The summed E-state index contributed by atoms with van der Waals surface area (Å²) in [5.41, 5.74) is 6.78. The molecule has 3 aromatic carbocycles. The topological polar surface area (TPSA) is 21.7 Å². The van der Waals surface area contributed by atoms with E-state index in [2.05, 4.69) is 65.6 Å². The molecule has 0 N–H and O–H groups in total. The summed E-state index contributed by atoms with van der Waals surface area (Å²) in [6.07, 6.45) is 3.21. The van der Waals surface area contributed by atoms with Gasteiger partial charge in [0.2, 0.25) is 0 Å². The second-order valence-corrected chi connectivity index (χ2v) is 8.02. The van der Waals surface area contributed by atoms with Gasteiger partial charge in [0, 0.05) is 26.1 Å². The van der Waals surface area contributed by atoms with Gasteiger partial charge in [0.15, 0.2) is 0 Å². The number of fused-ring (bicyclic) bond motifs is 2. The van der Waals surface area contributed by atoms with Crippen molar-refractivity contribution >= 4 is 0 Å². The molecule has 0 atom stereocenters. The van der Waals surface area contributed by atoms with Crippen molar-refractivity contribution in [2.24, 2.45) is 0 Å². The molecule has 2 aliphatic rings. The first-order valence-electron chi connectivity index (χ1n) is 10.6. The standard InChI is InChI=1S/C26H27NO2/c1-2-4-20(5-3-1)19-29-25-9-8-22-10-13-27(14-11-24(22)17-25)18-21-6-7-23-12-15-28-26(23)16-21/h1-9,16-17H,10-15,18-19H2. The van der Waals surface area contributed by atoms with Gasteiger partial charge in [-0.25, -0.2) is 0 Å². The summed E-state index contributed by atoms with van der Waals surface area (Å²) < 4.78 is 11.8. The van der Waals surface area contributed by atoms with Crippen LogP contribution in [-0.2, 0) is 32.4 Å². The van der Waals surface area contributed by atoms with Crippen LogP contribution in [0.4, 0.5) is 0 Å². The van der Waals surface area contributed by atoms with Crippen molar-refractivity contribution in [2.75, 3.05) is 19.7 Å². The van der Waals surface area contributed by atoms with Crippen LogP contribution in [0.1, 0.15) is 27.8 Å². The van der Waals surface area contributed by atoms with Crippen LogP contribution < -0.4 is 9.47 Å². The fraction of sp³-hybridized carbons (Fsp3) is 0.308. The molecule has 0 saturated heterocycles. The van der Waals surface area contributed by atoms with E-state index in [0.717, 1.165) is 57.0 Å². The Morgan fingerprint density at radius 3 is 2.48 bits per heavy atom. The predicted molar refractivity (Wildman–Crippen MR) is 116 cm³/mol. The molecule has 0 spiro atoms. The third kappa shape index (κ3) is 4.30. The molecule has 0 radical (unpaired) electrons. The van der Waals surface area contributed by atoms with E-state index >= 15 is 0 Å². The van der Waals surface area contributed by atoms with Crippen LogP contribution in [0.25, 0.3) is 0 Å². The molecular weight excluding hydrogens is 358 g/mol. The Bertz CT molecular complexity index is 983. The van der Waals surface area contributed by atoms with Crippen LogP contribution in [0, 0.1) is 0 Å². The minimum atomic E-state index is 0.617. The highest BCUT2D eigenvalue weighted by molar-refractivity contribution is 5.40. The lowest BCUT2D eigenvalue weighted by molar-refractivity contribution is 0.278. The van der Waals surface area contributed by atoms with Gasteiger partial charge in [-0.1, -0.05) is 48.5 Å². The average molecular weight is 386 g/mol. The first-order valence-corrected chi connectivity index (χ1v) is 10.6. The van der Waals surface area contributed by atoms with E-state index < -0.39 is 0 Å². The van der Waals surface area contributed by atoms with Gasteiger partial charge in [-0.2, -0.15) is 0 Å². The number of nitrogens with zero attached hydrogens (tertiary/aromatic N) is 1. The summed E-state index contributed by atoms with van der Waals surface area (Å²) in [5, 5.41) is 0. The lowest BCUT2D eigenvalue weighted by Gasteiger charge is -2.20. The zero-order valence-corrected chi connectivity index (χ0v) is 16.8. The summed E-state index contributed by atoms with van der Waals surface area (Å²) in [5.74, 6) is 2.05. The summed E-state index contributed by atoms with van der Waals surface area (Å²) in [7, 11) is 0. The number of hydrogen-bond acceptors (Lipinski definition) is 3. The molecule has 0 bridgehead atoms. The highest BCUT2D eigenvalue weighted by Crippen LogP contribution is 2.28. The van der Waals surface area contributed by atoms with Crippen LogP contribution in [0.3, 0.4) is 0 Å². The first kappa shape index (κ1) is 18.3. The molecule has 3 nitrogen and oxygen atoms in total. The Hall–Kier alpha value is -2.78. The molecule has 2 heterocycles. The van der Waals surface area contributed by atoms with Gasteiger partial charge < -0.3 is 9.47 Å². The van der Waals surface area contributed by atoms with Crippen LogP contribution in [0.2, 0.25) is 0 Å². The quantitative estimate of drug-likeness (QED) is 0.630. The average Bonchev–Trinajstić information content (AvgIpc) is 3.14. The summed E-state index contributed by atoms with van der Waals surface area (Å²) in [6, 6.07) is 23.7. The van der Waals surface area contributed by atoms with E-state index in [9.17, 15) is 0 Å². The molecule has 148 valence electrons. The summed E-state index contributed by atoms with van der Waals surface area (Å²) in [6.45, 7) is 4.60. The number of rotatable bonds is 5. The maximum atomic E-state index is 6.04. The number of ether oxygens (including phenoxy) is 2. The van der Waals surface area contributed by atoms with Crippen LogP contribution in [0.15, 0.2) is 66.7 Å². The van der Waals surface area contributed by atoms with Crippen molar-refractivity contribution in [3.8, 4) is 11.5 Å². The number of benzene rings is 3. The third-order valence-corrected chi connectivity index (χ3v) is 5.99. The van der Waals surface area contributed by atoms with Crippen LogP contribution in [-0.4, -0.2) is 24.6 Å². The second-order valence-electron chi connectivity index (χ2n) is 8.02. The minimum absolute atomic E-state index is 0.617. The molecule has 2 aliphatic heterocycles. The van der Waals surface area contributed by atoms with E-state index in [4.69, 9.17) is 9.47 Å². The van der Waals surface area contributed by atoms with Crippen molar-refractivity contribution in [1.29, 1.82) is 0 Å². The van der Waals surface area contributed by atoms with Crippen molar-refractivity contribution in [1.82, 2.24) is 4.90 Å². The molecule has 0 fully saturated rings. The maximum absolute atomic E-state index is 6.04. The van der Waals surface area contributed by atoms with Crippen molar-refractivity contribution in [2.45, 2.75) is 32.4 Å². The largest absolute Gasteiger partial charge is 0.493 e. The molecule has 0 amide bonds. The molecular formula is C26H27NO2. The van der Waals surface area contributed by atoms with E-state index in [-0.39, 0.29) is 0 Å². The van der Waals surface area contributed by atoms with Gasteiger partial charge in [-0.05, 0) is 58.9 Å². The lowest BCUT2D eigenvalue weighted by Crippen LogP contribution is -2.25.